The topological polar surface area (TPSA) is 96.7 Å². The second kappa shape index (κ2) is 9.86. The fourth-order valence-corrected chi connectivity index (χ4v) is 5.96. The lowest BCUT2D eigenvalue weighted by molar-refractivity contribution is -0.126. The van der Waals surface area contributed by atoms with Crippen LogP contribution in [0.5, 0.6) is 0 Å². The zero-order valence-corrected chi connectivity index (χ0v) is 21.8. The van der Waals surface area contributed by atoms with E-state index < -0.39 is 29.5 Å². The predicted molar refractivity (Wildman–Crippen MR) is 136 cm³/mol. The Balaban J connectivity index is 1.28. The van der Waals surface area contributed by atoms with Crippen molar-refractivity contribution in [3.8, 4) is 17.2 Å². The highest BCUT2D eigenvalue weighted by Gasteiger charge is 2.52. The van der Waals surface area contributed by atoms with E-state index in [1.807, 2.05) is 6.07 Å². The highest BCUT2D eigenvalue weighted by atomic mass is 19.1. The van der Waals surface area contributed by atoms with Gasteiger partial charge in [0, 0.05) is 18.0 Å². The maximum Gasteiger partial charge on any atom is 0.411 e. The summed E-state index contributed by atoms with van der Waals surface area (Å²) in [4.78, 5) is 39.8. The summed E-state index contributed by atoms with van der Waals surface area (Å²) >= 11 is 0. The van der Waals surface area contributed by atoms with Crippen molar-refractivity contribution in [2.75, 3.05) is 0 Å². The minimum atomic E-state index is -0.725. The zero-order chi connectivity index (χ0) is 27.2. The number of carbonyl (C=O) groups is 3. The molecule has 5 rings (SSSR count). The number of fused-ring (bicyclic) bond motifs is 3. The Bertz CT molecular complexity index is 1340. The lowest BCUT2D eigenvalue weighted by Crippen LogP contribution is -2.51. The lowest BCUT2D eigenvalue weighted by atomic mass is 9.87. The quantitative estimate of drug-likeness (QED) is 0.463. The van der Waals surface area contributed by atoms with Gasteiger partial charge in [0.25, 0.3) is 0 Å². The molecule has 38 heavy (non-hydrogen) atoms. The average Bonchev–Trinajstić information content (AvgIpc) is 3.58. The lowest BCUT2D eigenvalue weighted by Gasteiger charge is -2.35. The van der Waals surface area contributed by atoms with Gasteiger partial charge < -0.3 is 9.47 Å². The monoisotopic (exact) mass is 518 g/mol. The third-order valence-corrected chi connectivity index (χ3v) is 7.69. The molecule has 0 unspecified atom stereocenters. The molecule has 3 aliphatic rings. The van der Waals surface area contributed by atoms with E-state index in [0.29, 0.717) is 22.3 Å². The van der Waals surface area contributed by atoms with Crippen LogP contribution in [0.25, 0.3) is 11.1 Å². The van der Waals surface area contributed by atoms with Gasteiger partial charge in [0.2, 0.25) is 0 Å². The summed E-state index contributed by atoms with van der Waals surface area (Å²) in [7, 11) is 0. The minimum Gasteiger partial charge on any atom is -0.457 e. The molecule has 0 spiro atoms. The van der Waals surface area contributed by atoms with Gasteiger partial charge in [-0.05, 0) is 81.2 Å². The van der Waals surface area contributed by atoms with Crippen molar-refractivity contribution in [3.63, 3.8) is 0 Å². The Morgan fingerprint density at radius 3 is 2.63 bits per heavy atom. The Labute approximate surface area is 221 Å². The molecule has 2 aromatic rings. The number of ether oxygens (including phenoxy) is 2. The van der Waals surface area contributed by atoms with Gasteiger partial charge in [-0.15, -0.1) is 0 Å². The molecule has 198 valence electrons. The molecule has 0 N–H and O–H groups in total. The summed E-state index contributed by atoms with van der Waals surface area (Å²) < 4.78 is 25.7. The van der Waals surface area contributed by atoms with Crippen molar-refractivity contribution in [1.29, 1.82) is 5.26 Å². The van der Waals surface area contributed by atoms with Crippen LogP contribution in [-0.4, -0.2) is 40.4 Å². The van der Waals surface area contributed by atoms with Crippen LogP contribution in [0.1, 0.15) is 67.9 Å². The first-order chi connectivity index (χ1) is 18.0. The van der Waals surface area contributed by atoms with Gasteiger partial charge in [-0.2, -0.15) is 5.26 Å². The van der Waals surface area contributed by atoms with Gasteiger partial charge in [-0.3, -0.25) is 9.69 Å². The summed E-state index contributed by atoms with van der Waals surface area (Å²) in [6.07, 6.45) is 2.02. The third kappa shape index (κ3) is 5.02. The number of Topliss-reactive ketones (excluding diaryl/α,β-unsaturated/α-hetero) is 1. The highest BCUT2D eigenvalue weighted by molar-refractivity contribution is 5.95. The van der Waals surface area contributed by atoms with Crippen LogP contribution in [0.2, 0.25) is 0 Å². The van der Waals surface area contributed by atoms with Crippen molar-refractivity contribution < 1.29 is 28.2 Å². The molecular weight excluding hydrogens is 487 g/mol. The summed E-state index contributed by atoms with van der Waals surface area (Å²) in [5.74, 6) is -1.69. The van der Waals surface area contributed by atoms with Gasteiger partial charge in [0.1, 0.15) is 18.0 Å². The summed E-state index contributed by atoms with van der Waals surface area (Å²) in [6.45, 7) is 5.62. The number of carbonyl (C=O) groups excluding carboxylic acids is 3. The number of piperidine rings is 1. The van der Waals surface area contributed by atoms with Crippen molar-refractivity contribution in [1.82, 2.24) is 4.90 Å². The highest BCUT2D eigenvalue weighted by Crippen LogP contribution is 2.44. The minimum absolute atomic E-state index is 0.0182. The summed E-state index contributed by atoms with van der Waals surface area (Å²) in [5, 5.41) is 9.80. The molecule has 1 saturated heterocycles. The first-order valence-electron chi connectivity index (χ1n) is 13.1. The van der Waals surface area contributed by atoms with E-state index in [1.165, 1.54) is 6.07 Å². The number of halogens is 1. The number of amides is 1. The van der Waals surface area contributed by atoms with E-state index in [-0.39, 0.29) is 43.2 Å². The Morgan fingerprint density at radius 2 is 1.92 bits per heavy atom. The zero-order valence-electron chi connectivity index (χ0n) is 21.8. The largest absolute Gasteiger partial charge is 0.457 e. The molecule has 2 fully saturated rings. The average molecular weight is 519 g/mol. The number of nitriles is 1. The normalized spacial score (nSPS) is 22.6. The molecule has 2 bridgehead atoms. The SMILES string of the molecule is CC(C)(C)OC(=O)N1[C@@H]2CC[C@@H](C2)[C@H]1C(=O)C[C@H](C#N)Cc1ccc(-c2ccc3c(c2)C(=O)OC3)cc1F. The van der Waals surface area contributed by atoms with Crippen LogP contribution in [0.4, 0.5) is 9.18 Å². The van der Waals surface area contributed by atoms with Crippen molar-refractivity contribution in [2.45, 2.75) is 77.2 Å². The van der Waals surface area contributed by atoms with Crippen LogP contribution in [-0.2, 0) is 27.3 Å². The molecule has 8 heteroatoms. The Kier molecular flexibility index (Phi) is 6.72. The van der Waals surface area contributed by atoms with E-state index in [4.69, 9.17) is 9.47 Å². The molecule has 0 radical (unpaired) electrons. The van der Waals surface area contributed by atoms with Crippen molar-refractivity contribution in [2.24, 2.45) is 11.8 Å². The van der Waals surface area contributed by atoms with Crippen molar-refractivity contribution in [3.05, 3.63) is 58.9 Å². The standard InChI is InChI=1S/C30H31FN2O5/c1-30(2,3)38-29(36)33-23-9-8-21(12-23)27(33)26(34)11-17(15-32)10-20-6-4-19(14-25(20)31)18-5-7-22-16-37-28(35)24(22)13-18/h4-7,13-14,17,21,23,27H,8-12,16H2,1-3H3/t17-,21+,23-,27+/m1/s1. The third-order valence-electron chi connectivity index (χ3n) is 7.69. The van der Waals surface area contributed by atoms with Crippen LogP contribution < -0.4 is 0 Å². The molecule has 1 amide bonds. The van der Waals surface area contributed by atoms with E-state index in [0.717, 1.165) is 24.8 Å². The number of nitrogens with zero attached hydrogens (tertiary/aromatic N) is 2. The maximum absolute atomic E-state index is 15.1. The Hall–Kier alpha value is -3.73. The molecule has 2 aliphatic heterocycles. The van der Waals surface area contributed by atoms with Gasteiger partial charge in [-0.25, -0.2) is 14.0 Å². The van der Waals surface area contributed by atoms with Crippen LogP contribution in [0.3, 0.4) is 0 Å². The number of cyclic esters (lactones) is 1. The number of likely N-dealkylation sites (tertiary alicyclic amines) is 1. The van der Waals surface area contributed by atoms with Gasteiger partial charge in [0.05, 0.1) is 23.6 Å². The first kappa shape index (κ1) is 25.9. The number of esters is 1. The number of hydrogen-bond acceptors (Lipinski definition) is 6. The number of ketones is 1. The molecule has 7 nitrogen and oxygen atoms in total. The smallest absolute Gasteiger partial charge is 0.411 e. The molecule has 4 atom stereocenters. The molecular formula is C30H31FN2O5. The fraction of sp³-hybridized carbons (Fsp3) is 0.467. The first-order valence-corrected chi connectivity index (χ1v) is 13.1. The predicted octanol–water partition coefficient (Wildman–Crippen LogP) is 5.59. The molecule has 0 aromatic heterocycles. The van der Waals surface area contributed by atoms with E-state index in [1.54, 1.807) is 49.9 Å². The number of benzene rings is 2. The van der Waals surface area contributed by atoms with Gasteiger partial charge >= 0.3 is 12.1 Å². The Morgan fingerprint density at radius 1 is 1.18 bits per heavy atom. The van der Waals surface area contributed by atoms with E-state index in [2.05, 4.69) is 6.07 Å². The fourth-order valence-electron chi connectivity index (χ4n) is 5.96. The van der Waals surface area contributed by atoms with Gasteiger partial charge in [-0.1, -0.05) is 24.3 Å². The number of hydrogen-bond donors (Lipinski definition) is 0. The van der Waals surface area contributed by atoms with Crippen molar-refractivity contribution >= 4 is 17.8 Å². The summed E-state index contributed by atoms with van der Waals surface area (Å²) in [6, 6.07) is 11.6. The second-order valence-corrected chi connectivity index (χ2v) is 11.5. The van der Waals surface area contributed by atoms with Crippen LogP contribution >= 0.6 is 0 Å². The summed E-state index contributed by atoms with van der Waals surface area (Å²) in [5.41, 5.74) is 2.25. The van der Waals surface area contributed by atoms with E-state index >= 15 is 4.39 Å². The second-order valence-electron chi connectivity index (χ2n) is 11.5. The molecule has 2 aromatic carbocycles. The number of rotatable bonds is 6. The van der Waals surface area contributed by atoms with Crippen LogP contribution in [0.15, 0.2) is 36.4 Å². The van der Waals surface area contributed by atoms with Crippen LogP contribution in [0, 0.1) is 29.0 Å². The van der Waals surface area contributed by atoms with E-state index in [9.17, 15) is 19.6 Å². The molecule has 1 aliphatic carbocycles. The maximum atomic E-state index is 15.1. The molecule has 2 heterocycles. The van der Waals surface area contributed by atoms with Gasteiger partial charge in [0.15, 0.2) is 5.78 Å². The molecule has 1 saturated carbocycles.